The number of hydrogen-bond donors (Lipinski definition) is 0. The lowest BCUT2D eigenvalue weighted by molar-refractivity contribution is 0.0185. The standard InChI is InChI=1S/C16H22O2/c1-10-9-11(2)13(4)15(12(10)3)16(17)14-7-5-6-8-18-14/h9,14H,5-8H2,1-4H3. The van der Waals surface area contributed by atoms with E-state index in [1.165, 1.54) is 11.1 Å². The molecule has 1 aliphatic rings. The first-order valence-electron chi connectivity index (χ1n) is 6.75. The molecule has 1 aliphatic heterocycles. The Hall–Kier alpha value is -1.15. The van der Waals surface area contributed by atoms with Gasteiger partial charge in [-0.05, 0) is 69.2 Å². The zero-order valence-corrected chi connectivity index (χ0v) is 11.8. The molecule has 1 aromatic carbocycles. The number of carbonyl (C=O) groups excluding carboxylic acids is 1. The molecule has 0 aliphatic carbocycles. The molecule has 0 aromatic heterocycles. The zero-order valence-electron chi connectivity index (χ0n) is 11.8. The number of ether oxygens (including phenoxy) is 1. The highest BCUT2D eigenvalue weighted by Gasteiger charge is 2.26. The van der Waals surface area contributed by atoms with Crippen molar-refractivity contribution in [1.82, 2.24) is 0 Å². The highest BCUT2D eigenvalue weighted by Crippen LogP contribution is 2.26. The summed E-state index contributed by atoms with van der Waals surface area (Å²) >= 11 is 0. The first-order chi connectivity index (χ1) is 8.52. The third-order valence-corrected chi connectivity index (χ3v) is 4.08. The van der Waals surface area contributed by atoms with Gasteiger partial charge in [0.1, 0.15) is 6.10 Å². The van der Waals surface area contributed by atoms with E-state index in [0.717, 1.165) is 42.6 Å². The Labute approximate surface area is 109 Å². The van der Waals surface area contributed by atoms with Crippen LogP contribution in [0.2, 0.25) is 0 Å². The van der Waals surface area contributed by atoms with Gasteiger partial charge in [0.05, 0.1) is 0 Å². The van der Waals surface area contributed by atoms with Gasteiger partial charge in [0.2, 0.25) is 0 Å². The number of carbonyl (C=O) groups is 1. The van der Waals surface area contributed by atoms with Gasteiger partial charge in [-0.15, -0.1) is 0 Å². The van der Waals surface area contributed by atoms with Crippen molar-refractivity contribution in [2.45, 2.75) is 53.1 Å². The molecule has 0 bridgehead atoms. The van der Waals surface area contributed by atoms with Crippen LogP contribution in [-0.4, -0.2) is 18.5 Å². The second-order valence-corrected chi connectivity index (χ2v) is 5.35. The van der Waals surface area contributed by atoms with Crippen LogP contribution < -0.4 is 0 Å². The summed E-state index contributed by atoms with van der Waals surface area (Å²) in [7, 11) is 0. The fourth-order valence-electron chi connectivity index (χ4n) is 2.69. The predicted octanol–water partition coefficient (Wildman–Crippen LogP) is 3.67. The lowest BCUT2D eigenvalue weighted by Crippen LogP contribution is -2.29. The van der Waals surface area contributed by atoms with E-state index in [0.29, 0.717) is 0 Å². The number of Topliss-reactive ketones (excluding diaryl/α,β-unsaturated/α-hetero) is 1. The van der Waals surface area contributed by atoms with Gasteiger partial charge in [0.15, 0.2) is 5.78 Å². The van der Waals surface area contributed by atoms with E-state index in [-0.39, 0.29) is 11.9 Å². The van der Waals surface area contributed by atoms with Crippen LogP contribution in [0.1, 0.15) is 51.9 Å². The van der Waals surface area contributed by atoms with Crippen molar-refractivity contribution in [3.63, 3.8) is 0 Å². The Morgan fingerprint density at radius 1 is 1.11 bits per heavy atom. The Morgan fingerprint density at radius 3 is 2.22 bits per heavy atom. The molecule has 0 amide bonds. The van der Waals surface area contributed by atoms with Crippen LogP contribution in [0, 0.1) is 27.7 Å². The second kappa shape index (κ2) is 5.23. The average molecular weight is 246 g/mol. The maximum Gasteiger partial charge on any atom is 0.192 e. The van der Waals surface area contributed by atoms with Gasteiger partial charge in [-0.3, -0.25) is 4.79 Å². The van der Waals surface area contributed by atoms with Gasteiger partial charge >= 0.3 is 0 Å². The fraction of sp³-hybridized carbons (Fsp3) is 0.562. The van der Waals surface area contributed by atoms with Crippen molar-refractivity contribution in [3.8, 4) is 0 Å². The molecule has 1 saturated heterocycles. The third kappa shape index (κ3) is 2.35. The second-order valence-electron chi connectivity index (χ2n) is 5.35. The first-order valence-corrected chi connectivity index (χ1v) is 6.75. The summed E-state index contributed by atoms with van der Waals surface area (Å²) in [6, 6.07) is 2.16. The topological polar surface area (TPSA) is 26.3 Å². The van der Waals surface area contributed by atoms with Gasteiger partial charge in [-0.2, -0.15) is 0 Å². The summed E-state index contributed by atoms with van der Waals surface area (Å²) in [5.41, 5.74) is 5.49. The largest absolute Gasteiger partial charge is 0.370 e. The molecule has 0 spiro atoms. The van der Waals surface area contributed by atoms with Gasteiger partial charge < -0.3 is 4.74 Å². The van der Waals surface area contributed by atoms with Crippen LogP contribution in [0.5, 0.6) is 0 Å². The van der Waals surface area contributed by atoms with Crippen molar-refractivity contribution in [1.29, 1.82) is 0 Å². The molecule has 1 fully saturated rings. The number of ketones is 1. The molecule has 1 unspecified atom stereocenters. The molecule has 2 rings (SSSR count). The van der Waals surface area contributed by atoms with E-state index in [1.54, 1.807) is 0 Å². The van der Waals surface area contributed by atoms with Crippen LogP contribution in [0.3, 0.4) is 0 Å². The lowest BCUT2D eigenvalue weighted by Gasteiger charge is -2.24. The molecule has 18 heavy (non-hydrogen) atoms. The summed E-state index contributed by atoms with van der Waals surface area (Å²) < 4.78 is 5.63. The summed E-state index contributed by atoms with van der Waals surface area (Å²) in [5.74, 6) is 0.177. The summed E-state index contributed by atoms with van der Waals surface area (Å²) in [6.45, 7) is 8.94. The molecule has 2 nitrogen and oxygen atoms in total. The van der Waals surface area contributed by atoms with E-state index in [9.17, 15) is 4.79 Å². The smallest absolute Gasteiger partial charge is 0.192 e. The normalized spacial score (nSPS) is 19.9. The summed E-state index contributed by atoms with van der Waals surface area (Å²) in [5, 5.41) is 0. The number of benzene rings is 1. The number of aryl methyl sites for hydroxylation is 2. The highest BCUT2D eigenvalue weighted by molar-refractivity contribution is 6.02. The minimum Gasteiger partial charge on any atom is -0.370 e. The van der Waals surface area contributed by atoms with Crippen molar-refractivity contribution < 1.29 is 9.53 Å². The van der Waals surface area contributed by atoms with E-state index >= 15 is 0 Å². The molecular weight excluding hydrogens is 224 g/mol. The van der Waals surface area contributed by atoms with Gasteiger partial charge in [-0.25, -0.2) is 0 Å². The number of rotatable bonds is 2. The molecule has 1 atom stereocenters. The Bertz CT molecular complexity index is 442. The lowest BCUT2D eigenvalue weighted by atomic mass is 9.88. The molecule has 2 heteroatoms. The van der Waals surface area contributed by atoms with E-state index in [2.05, 4.69) is 19.9 Å². The minimum atomic E-state index is -0.225. The van der Waals surface area contributed by atoms with Crippen LogP contribution in [0.4, 0.5) is 0 Å². The number of hydrogen-bond acceptors (Lipinski definition) is 2. The average Bonchev–Trinajstić information content (AvgIpc) is 2.37. The maximum absolute atomic E-state index is 12.6. The van der Waals surface area contributed by atoms with Crippen molar-refractivity contribution >= 4 is 5.78 Å². The molecule has 1 heterocycles. The molecular formula is C16H22O2. The Kier molecular flexibility index (Phi) is 3.86. The molecule has 1 aromatic rings. The quantitative estimate of drug-likeness (QED) is 0.744. The van der Waals surface area contributed by atoms with Crippen molar-refractivity contribution in [2.75, 3.05) is 6.61 Å². The van der Waals surface area contributed by atoms with Crippen LogP contribution >= 0.6 is 0 Å². The van der Waals surface area contributed by atoms with Crippen LogP contribution in [0.25, 0.3) is 0 Å². The predicted molar refractivity (Wildman–Crippen MR) is 73.3 cm³/mol. The first kappa shape index (κ1) is 13.3. The van der Waals surface area contributed by atoms with Crippen LogP contribution in [0.15, 0.2) is 6.07 Å². The zero-order chi connectivity index (χ0) is 13.3. The highest BCUT2D eigenvalue weighted by atomic mass is 16.5. The van der Waals surface area contributed by atoms with Crippen molar-refractivity contribution in [2.24, 2.45) is 0 Å². The molecule has 0 radical (unpaired) electrons. The molecule has 0 N–H and O–H groups in total. The summed E-state index contributed by atoms with van der Waals surface area (Å²) in [4.78, 5) is 12.6. The fourth-order valence-corrected chi connectivity index (χ4v) is 2.69. The van der Waals surface area contributed by atoms with E-state index in [1.807, 2.05) is 13.8 Å². The van der Waals surface area contributed by atoms with Gasteiger partial charge in [-0.1, -0.05) is 6.07 Å². The molecule has 0 saturated carbocycles. The Balaban J connectivity index is 2.40. The summed E-state index contributed by atoms with van der Waals surface area (Å²) in [6.07, 6.45) is 2.82. The maximum atomic E-state index is 12.6. The van der Waals surface area contributed by atoms with Gasteiger partial charge in [0.25, 0.3) is 0 Å². The van der Waals surface area contributed by atoms with Crippen molar-refractivity contribution in [3.05, 3.63) is 33.9 Å². The van der Waals surface area contributed by atoms with Gasteiger partial charge in [0, 0.05) is 12.2 Å². The monoisotopic (exact) mass is 246 g/mol. The van der Waals surface area contributed by atoms with E-state index in [4.69, 9.17) is 4.74 Å². The molecule has 98 valence electrons. The van der Waals surface area contributed by atoms with Crippen LogP contribution in [-0.2, 0) is 4.74 Å². The third-order valence-electron chi connectivity index (χ3n) is 4.08. The SMILES string of the molecule is Cc1cc(C)c(C)c(C(=O)C2CCCCO2)c1C. The minimum absolute atomic E-state index is 0.177. The Morgan fingerprint density at radius 2 is 1.72 bits per heavy atom. The van der Waals surface area contributed by atoms with E-state index < -0.39 is 0 Å².